The summed E-state index contributed by atoms with van der Waals surface area (Å²) in [5.74, 6) is 5.25. The molecule has 0 spiro atoms. The van der Waals surface area contributed by atoms with Crippen LogP contribution in [0.25, 0.3) is 0 Å². The van der Waals surface area contributed by atoms with E-state index in [0.29, 0.717) is 0 Å². The Morgan fingerprint density at radius 3 is 2.42 bits per heavy atom. The van der Waals surface area contributed by atoms with Crippen molar-refractivity contribution in [1.29, 1.82) is 0 Å². The summed E-state index contributed by atoms with van der Waals surface area (Å²) in [5, 5.41) is 0. The molecule has 0 heteroatoms. The Morgan fingerprint density at radius 1 is 0.833 bits per heavy atom. The summed E-state index contributed by atoms with van der Waals surface area (Å²) in [6.07, 6.45) is 16.4. The molecule has 5 atom stereocenters. The molecule has 3 aliphatic rings. The molecule has 0 amide bonds. The zero-order valence-electron chi connectivity index (χ0n) is 15.9. The molecule has 4 rings (SSSR count). The van der Waals surface area contributed by atoms with E-state index in [1.54, 1.807) is 36.8 Å². The van der Waals surface area contributed by atoms with Gasteiger partial charge in [0.2, 0.25) is 0 Å². The van der Waals surface area contributed by atoms with Gasteiger partial charge < -0.3 is 0 Å². The molecule has 24 heavy (non-hydrogen) atoms. The van der Waals surface area contributed by atoms with Crippen LogP contribution in [0, 0.1) is 36.5 Å². The van der Waals surface area contributed by atoms with Gasteiger partial charge >= 0.3 is 0 Å². The minimum absolute atomic E-state index is 0.981. The third kappa shape index (κ3) is 3.44. The van der Waals surface area contributed by atoms with Gasteiger partial charge in [0.1, 0.15) is 0 Å². The number of hydrogen-bond donors (Lipinski definition) is 0. The fraction of sp³-hybridized carbons (Fsp3) is 0.750. The second-order valence-corrected chi connectivity index (χ2v) is 9.34. The summed E-state index contributed by atoms with van der Waals surface area (Å²) in [4.78, 5) is 0. The van der Waals surface area contributed by atoms with E-state index in [4.69, 9.17) is 0 Å². The Balaban J connectivity index is 1.37. The third-order valence-corrected chi connectivity index (χ3v) is 7.75. The Morgan fingerprint density at radius 2 is 1.58 bits per heavy atom. The molecule has 0 N–H and O–H groups in total. The van der Waals surface area contributed by atoms with E-state index in [2.05, 4.69) is 32.0 Å². The lowest BCUT2D eigenvalue weighted by Gasteiger charge is -2.45. The number of fused-ring (bicyclic) bond motifs is 2. The molecule has 2 fully saturated rings. The average molecular weight is 325 g/mol. The number of aryl methyl sites for hydroxylation is 2. The van der Waals surface area contributed by atoms with Gasteiger partial charge in [0.15, 0.2) is 0 Å². The molecule has 1 aromatic carbocycles. The van der Waals surface area contributed by atoms with Gasteiger partial charge in [-0.3, -0.25) is 0 Å². The first-order valence-electron chi connectivity index (χ1n) is 10.8. The van der Waals surface area contributed by atoms with Crippen molar-refractivity contribution in [2.75, 3.05) is 0 Å². The predicted molar refractivity (Wildman–Crippen MR) is 103 cm³/mol. The summed E-state index contributed by atoms with van der Waals surface area (Å²) >= 11 is 0. The van der Waals surface area contributed by atoms with Crippen molar-refractivity contribution >= 4 is 0 Å². The highest BCUT2D eigenvalue weighted by Gasteiger charge is 2.38. The van der Waals surface area contributed by atoms with Crippen LogP contribution in [-0.4, -0.2) is 0 Å². The van der Waals surface area contributed by atoms with Gasteiger partial charge in [0.05, 0.1) is 0 Å². The monoisotopic (exact) mass is 324 g/mol. The van der Waals surface area contributed by atoms with Gasteiger partial charge in [-0.25, -0.2) is 0 Å². The number of benzene rings is 1. The van der Waals surface area contributed by atoms with Crippen LogP contribution in [0.15, 0.2) is 18.2 Å². The minimum atomic E-state index is 0.981. The summed E-state index contributed by atoms with van der Waals surface area (Å²) in [6, 6.07) is 7.20. The minimum Gasteiger partial charge on any atom is -0.0654 e. The summed E-state index contributed by atoms with van der Waals surface area (Å²) < 4.78 is 0. The number of hydrogen-bond acceptors (Lipinski definition) is 0. The zero-order chi connectivity index (χ0) is 16.5. The van der Waals surface area contributed by atoms with Crippen LogP contribution in [0.1, 0.15) is 81.4 Å². The molecule has 0 heterocycles. The molecule has 2 saturated carbocycles. The maximum atomic E-state index is 2.44. The van der Waals surface area contributed by atoms with Crippen LogP contribution in [0.2, 0.25) is 0 Å². The van der Waals surface area contributed by atoms with Crippen molar-refractivity contribution < 1.29 is 0 Å². The van der Waals surface area contributed by atoms with Gasteiger partial charge in [-0.1, -0.05) is 49.9 Å². The van der Waals surface area contributed by atoms with Crippen LogP contribution < -0.4 is 0 Å². The van der Waals surface area contributed by atoms with Crippen LogP contribution >= 0.6 is 0 Å². The second kappa shape index (κ2) is 7.22. The summed E-state index contributed by atoms with van der Waals surface area (Å²) in [7, 11) is 0. The molecule has 0 nitrogen and oxygen atoms in total. The quantitative estimate of drug-likeness (QED) is 0.578. The third-order valence-electron chi connectivity index (χ3n) is 7.75. The Labute approximate surface area is 149 Å². The van der Waals surface area contributed by atoms with Crippen molar-refractivity contribution in [2.45, 2.75) is 84.5 Å². The SMILES string of the molecule is CCCC1CCC2CC(C3CCc4cc(C)ccc4C3)CCC2C1. The summed E-state index contributed by atoms with van der Waals surface area (Å²) in [6.45, 7) is 4.61. The average Bonchev–Trinajstić information content (AvgIpc) is 2.61. The number of rotatable bonds is 3. The molecule has 0 aromatic heterocycles. The van der Waals surface area contributed by atoms with Gasteiger partial charge in [-0.2, -0.15) is 0 Å². The Hall–Kier alpha value is -0.780. The maximum Gasteiger partial charge on any atom is -0.0245 e. The largest absolute Gasteiger partial charge is 0.0654 e. The smallest absolute Gasteiger partial charge is 0.0245 e. The molecular weight excluding hydrogens is 288 g/mol. The first kappa shape index (κ1) is 16.7. The molecule has 0 saturated heterocycles. The Kier molecular flexibility index (Phi) is 5.02. The molecule has 5 unspecified atom stereocenters. The lowest BCUT2D eigenvalue weighted by Crippen LogP contribution is -2.35. The van der Waals surface area contributed by atoms with Crippen molar-refractivity contribution in [3.8, 4) is 0 Å². The first-order valence-corrected chi connectivity index (χ1v) is 10.8. The van der Waals surface area contributed by atoms with Gasteiger partial charge in [-0.15, -0.1) is 0 Å². The van der Waals surface area contributed by atoms with Gasteiger partial charge in [0.25, 0.3) is 0 Å². The lowest BCUT2D eigenvalue weighted by atomic mass is 9.61. The topological polar surface area (TPSA) is 0 Å². The predicted octanol–water partition coefficient (Wildman–Crippen LogP) is 6.73. The van der Waals surface area contributed by atoms with Gasteiger partial charge in [-0.05, 0) is 99.0 Å². The maximum absolute atomic E-state index is 2.44. The fourth-order valence-corrected chi connectivity index (χ4v) is 6.44. The molecule has 0 aliphatic heterocycles. The fourth-order valence-electron chi connectivity index (χ4n) is 6.44. The molecular formula is C24H36. The van der Waals surface area contributed by atoms with Gasteiger partial charge in [0, 0.05) is 0 Å². The van der Waals surface area contributed by atoms with Crippen molar-refractivity contribution in [3.05, 3.63) is 34.9 Å². The second-order valence-electron chi connectivity index (χ2n) is 9.34. The summed E-state index contributed by atoms with van der Waals surface area (Å²) in [5.41, 5.74) is 4.77. The lowest BCUT2D eigenvalue weighted by molar-refractivity contribution is 0.0695. The molecule has 1 aromatic rings. The van der Waals surface area contributed by atoms with Crippen molar-refractivity contribution in [3.63, 3.8) is 0 Å². The van der Waals surface area contributed by atoms with E-state index in [9.17, 15) is 0 Å². The van der Waals surface area contributed by atoms with E-state index >= 15 is 0 Å². The van der Waals surface area contributed by atoms with Crippen molar-refractivity contribution in [1.82, 2.24) is 0 Å². The highest BCUT2D eigenvalue weighted by atomic mass is 14.4. The standard InChI is InChI=1S/C24H36/c1-3-4-18-6-8-22-16-24(12-10-20(22)14-18)23-11-9-19-13-17(2)5-7-21(19)15-23/h5,7,13,18,20,22-24H,3-4,6,8-12,14-16H2,1-2H3. The van der Waals surface area contributed by atoms with Crippen molar-refractivity contribution in [2.24, 2.45) is 29.6 Å². The molecule has 132 valence electrons. The highest BCUT2D eigenvalue weighted by Crippen LogP contribution is 2.48. The zero-order valence-corrected chi connectivity index (χ0v) is 15.9. The Bertz CT molecular complexity index is 557. The highest BCUT2D eigenvalue weighted by molar-refractivity contribution is 5.33. The van der Waals surface area contributed by atoms with Crippen LogP contribution in [-0.2, 0) is 12.8 Å². The molecule has 0 radical (unpaired) electrons. The van der Waals surface area contributed by atoms with E-state index in [1.807, 2.05) is 0 Å². The van der Waals surface area contributed by atoms with Crippen LogP contribution in [0.3, 0.4) is 0 Å². The van der Waals surface area contributed by atoms with Crippen LogP contribution in [0.4, 0.5) is 0 Å². The van der Waals surface area contributed by atoms with E-state index in [-0.39, 0.29) is 0 Å². The van der Waals surface area contributed by atoms with E-state index in [1.165, 1.54) is 50.5 Å². The first-order chi connectivity index (χ1) is 11.7. The van der Waals surface area contributed by atoms with E-state index < -0.39 is 0 Å². The normalized spacial score (nSPS) is 36.0. The van der Waals surface area contributed by atoms with E-state index in [0.717, 1.165) is 29.6 Å². The molecule has 0 bridgehead atoms. The van der Waals surface area contributed by atoms with Crippen LogP contribution in [0.5, 0.6) is 0 Å². The molecule has 3 aliphatic carbocycles.